The Hall–Kier alpha value is -3.22. The van der Waals surface area contributed by atoms with E-state index >= 15 is 0 Å². The molecule has 2 aliphatic heterocycles. The van der Waals surface area contributed by atoms with E-state index in [0.717, 1.165) is 31.5 Å². The van der Waals surface area contributed by atoms with Gasteiger partial charge in [-0.2, -0.15) is 0 Å². The molecule has 0 aromatic heterocycles. The molecule has 6 nitrogen and oxygen atoms in total. The summed E-state index contributed by atoms with van der Waals surface area (Å²) in [5.41, 5.74) is 2.05. The lowest BCUT2D eigenvalue weighted by atomic mass is 9.88. The van der Waals surface area contributed by atoms with Crippen LogP contribution in [0, 0.1) is 18.7 Å². The van der Waals surface area contributed by atoms with E-state index in [2.05, 4.69) is 5.32 Å². The zero-order chi connectivity index (χ0) is 23.4. The van der Waals surface area contributed by atoms with Crippen molar-refractivity contribution < 1.29 is 18.8 Å². The van der Waals surface area contributed by atoms with Crippen LogP contribution in [0.1, 0.15) is 52.0 Å². The van der Waals surface area contributed by atoms with Crippen LogP contribution in [0.4, 0.5) is 4.39 Å². The van der Waals surface area contributed by atoms with E-state index < -0.39 is 6.04 Å². The topological polar surface area (TPSA) is 69.7 Å². The Kier molecular flexibility index (Phi) is 7.06. The van der Waals surface area contributed by atoms with Gasteiger partial charge in [-0.1, -0.05) is 17.7 Å². The van der Waals surface area contributed by atoms with Gasteiger partial charge in [-0.25, -0.2) is 4.39 Å². The van der Waals surface area contributed by atoms with Gasteiger partial charge in [-0.15, -0.1) is 0 Å². The van der Waals surface area contributed by atoms with Crippen LogP contribution >= 0.6 is 0 Å². The van der Waals surface area contributed by atoms with E-state index in [1.807, 2.05) is 24.0 Å². The number of hydrogen-bond acceptors (Lipinski definition) is 3. The zero-order valence-electron chi connectivity index (χ0n) is 18.9. The molecule has 2 heterocycles. The average Bonchev–Trinajstić information content (AvgIpc) is 3.38. The van der Waals surface area contributed by atoms with Gasteiger partial charge in [-0.05, 0) is 74.9 Å². The highest BCUT2D eigenvalue weighted by Gasteiger charge is 2.37. The van der Waals surface area contributed by atoms with Gasteiger partial charge in [0.05, 0.1) is 0 Å². The molecule has 174 valence electrons. The van der Waals surface area contributed by atoms with Crippen LogP contribution in [0.5, 0.6) is 0 Å². The number of benzene rings is 2. The number of likely N-dealkylation sites (tertiary alicyclic amines) is 2. The Labute approximate surface area is 193 Å². The van der Waals surface area contributed by atoms with Gasteiger partial charge in [0.1, 0.15) is 11.9 Å². The molecule has 0 radical (unpaired) electrons. The molecule has 33 heavy (non-hydrogen) atoms. The first-order chi connectivity index (χ1) is 15.9. The van der Waals surface area contributed by atoms with E-state index in [4.69, 9.17) is 0 Å². The number of nitrogens with zero attached hydrogens (tertiary/aromatic N) is 2. The molecule has 0 bridgehead atoms. The number of carbonyl (C=O) groups excluding carboxylic acids is 3. The van der Waals surface area contributed by atoms with E-state index in [1.54, 1.807) is 17.0 Å². The molecular weight excluding hydrogens is 421 g/mol. The quantitative estimate of drug-likeness (QED) is 0.758. The zero-order valence-corrected chi connectivity index (χ0v) is 18.9. The molecule has 2 aliphatic rings. The summed E-state index contributed by atoms with van der Waals surface area (Å²) < 4.78 is 13.2. The lowest BCUT2D eigenvalue weighted by Crippen LogP contribution is -2.54. The molecule has 2 aromatic carbocycles. The Bertz CT molecular complexity index is 992. The first-order valence-corrected chi connectivity index (χ1v) is 11.6. The average molecular weight is 452 g/mol. The molecule has 0 aliphatic carbocycles. The second-order valence-electron chi connectivity index (χ2n) is 8.99. The van der Waals surface area contributed by atoms with E-state index in [9.17, 15) is 18.8 Å². The summed E-state index contributed by atoms with van der Waals surface area (Å²) in [6, 6.07) is 12.2. The van der Waals surface area contributed by atoms with Crippen molar-refractivity contribution in [2.45, 2.75) is 38.6 Å². The molecule has 0 saturated carbocycles. The fraction of sp³-hybridized carbons (Fsp3) is 0.423. The van der Waals surface area contributed by atoms with Crippen molar-refractivity contribution in [2.24, 2.45) is 5.92 Å². The van der Waals surface area contributed by atoms with Gasteiger partial charge in [0, 0.05) is 37.3 Å². The Morgan fingerprint density at radius 2 is 1.42 bits per heavy atom. The van der Waals surface area contributed by atoms with Crippen LogP contribution in [0.3, 0.4) is 0 Å². The van der Waals surface area contributed by atoms with E-state index in [-0.39, 0.29) is 29.5 Å². The molecule has 3 amide bonds. The fourth-order valence-corrected chi connectivity index (χ4v) is 4.66. The molecule has 2 aromatic rings. The molecule has 2 fully saturated rings. The summed E-state index contributed by atoms with van der Waals surface area (Å²) in [6.45, 7) is 4.38. The van der Waals surface area contributed by atoms with Gasteiger partial charge in [0.2, 0.25) is 5.91 Å². The predicted octanol–water partition coefficient (Wildman–Crippen LogP) is 3.41. The molecule has 4 rings (SSSR count). The van der Waals surface area contributed by atoms with Crippen molar-refractivity contribution in [3.05, 3.63) is 71.0 Å². The molecule has 0 spiro atoms. The maximum atomic E-state index is 13.3. The van der Waals surface area contributed by atoms with E-state index in [1.165, 1.54) is 24.3 Å². The monoisotopic (exact) mass is 451 g/mol. The summed E-state index contributed by atoms with van der Waals surface area (Å²) in [5, 5.41) is 3.01. The minimum Gasteiger partial charge on any atom is -0.341 e. The Morgan fingerprint density at radius 1 is 0.848 bits per heavy atom. The highest BCUT2D eigenvalue weighted by molar-refractivity contribution is 5.98. The van der Waals surface area contributed by atoms with Crippen molar-refractivity contribution in [1.29, 1.82) is 0 Å². The lowest BCUT2D eigenvalue weighted by Gasteiger charge is -2.37. The summed E-state index contributed by atoms with van der Waals surface area (Å²) in [4.78, 5) is 42.6. The van der Waals surface area contributed by atoms with Crippen LogP contribution in [-0.2, 0) is 4.79 Å². The fourth-order valence-electron chi connectivity index (χ4n) is 4.66. The highest BCUT2D eigenvalue weighted by Crippen LogP contribution is 2.25. The first kappa shape index (κ1) is 23.0. The summed E-state index contributed by atoms with van der Waals surface area (Å²) in [7, 11) is 0. The van der Waals surface area contributed by atoms with Crippen LogP contribution < -0.4 is 5.32 Å². The summed E-state index contributed by atoms with van der Waals surface area (Å²) in [6.07, 6.45) is 3.20. The predicted molar refractivity (Wildman–Crippen MR) is 123 cm³/mol. The SMILES string of the molecule is Cc1ccc(C(=O)N[C@H](C(=O)N2CCCC2)C2CCN(C(=O)c3ccc(F)cc3)CC2)cc1. The third kappa shape index (κ3) is 5.41. The van der Waals surface area contributed by atoms with Crippen molar-refractivity contribution >= 4 is 17.7 Å². The smallest absolute Gasteiger partial charge is 0.253 e. The van der Waals surface area contributed by atoms with Crippen molar-refractivity contribution in [3.63, 3.8) is 0 Å². The van der Waals surface area contributed by atoms with Crippen molar-refractivity contribution in [2.75, 3.05) is 26.2 Å². The van der Waals surface area contributed by atoms with Crippen LogP contribution in [0.15, 0.2) is 48.5 Å². The molecule has 0 unspecified atom stereocenters. The Balaban J connectivity index is 1.45. The second-order valence-corrected chi connectivity index (χ2v) is 8.99. The molecular formula is C26H30FN3O3. The standard InChI is InChI=1S/C26H30FN3O3/c1-18-4-6-20(7-5-18)24(31)28-23(26(33)29-14-2-3-15-29)19-12-16-30(17-13-19)25(32)21-8-10-22(27)11-9-21/h4-11,19,23H,2-3,12-17H2,1H3,(H,28,31)/t23-/m0/s1. The number of carbonyl (C=O) groups is 3. The number of nitrogens with one attached hydrogen (secondary N) is 1. The molecule has 1 atom stereocenters. The number of amides is 3. The maximum Gasteiger partial charge on any atom is 0.253 e. The van der Waals surface area contributed by atoms with Gasteiger partial charge in [0.25, 0.3) is 11.8 Å². The summed E-state index contributed by atoms with van der Waals surface area (Å²) >= 11 is 0. The van der Waals surface area contributed by atoms with Crippen LogP contribution in [-0.4, -0.2) is 59.7 Å². The third-order valence-corrected chi connectivity index (χ3v) is 6.67. The normalized spacial score (nSPS) is 17.6. The number of halogens is 1. The maximum absolute atomic E-state index is 13.3. The van der Waals surface area contributed by atoms with Gasteiger partial charge in [-0.3, -0.25) is 14.4 Å². The number of piperidine rings is 1. The largest absolute Gasteiger partial charge is 0.341 e. The highest BCUT2D eigenvalue weighted by atomic mass is 19.1. The number of hydrogen-bond donors (Lipinski definition) is 1. The van der Waals surface area contributed by atoms with Gasteiger partial charge in [0.15, 0.2) is 0 Å². The van der Waals surface area contributed by atoms with E-state index in [0.29, 0.717) is 37.1 Å². The summed E-state index contributed by atoms with van der Waals surface area (Å²) in [5.74, 6) is -0.851. The van der Waals surface area contributed by atoms with Gasteiger partial charge < -0.3 is 15.1 Å². The first-order valence-electron chi connectivity index (χ1n) is 11.6. The minimum absolute atomic E-state index is 0.0312. The number of rotatable bonds is 5. The molecule has 2 saturated heterocycles. The van der Waals surface area contributed by atoms with Crippen molar-refractivity contribution in [1.82, 2.24) is 15.1 Å². The Morgan fingerprint density at radius 3 is 2.03 bits per heavy atom. The number of aryl methyl sites for hydroxylation is 1. The van der Waals surface area contributed by atoms with Crippen molar-refractivity contribution in [3.8, 4) is 0 Å². The second kappa shape index (κ2) is 10.1. The van der Waals surface area contributed by atoms with Crippen LogP contribution in [0.2, 0.25) is 0 Å². The lowest BCUT2D eigenvalue weighted by molar-refractivity contribution is -0.134. The molecule has 7 heteroatoms. The molecule has 1 N–H and O–H groups in total. The van der Waals surface area contributed by atoms with Gasteiger partial charge >= 0.3 is 0 Å². The minimum atomic E-state index is -0.611. The third-order valence-electron chi connectivity index (χ3n) is 6.67. The van der Waals surface area contributed by atoms with Crippen LogP contribution in [0.25, 0.3) is 0 Å².